The third kappa shape index (κ3) is 2.62. The third-order valence-corrected chi connectivity index (χ3v) is 2.33. The van der Waals surface area contributed by atoms with Crippen LogP contribution in [-0.4, -0.2) is 31.1 Å². The SMILES string of the molecule is C/C(=N/O)c1ccccc1OCc1nnn(C)n1. The van der Waals surface area contributed by atoms with E-state index in [1.165, 1.54) is 4.80 Å². The number of hydrogen-bond donors (Lipinski definition) is 1. The minimum absolute atomic E-state index is 0.212. The van der Waals surface area contributed by atoms with Gasteiger partial charge in [-0.25, -0.2) is 0 Å². The van der Waals surface area contributed by atoms with Crippen LogP contribution >= 0.6 is 0 Å². The normalized spacial score (nSPS) is 11.6. The molecule has 0 aliphatic rings. The lowest BCUT2D eigenvalue weighted by Gasteiger charge is -2.08. The molecule has 0 saturated heterocycles. The molecule has 0 radical (unpaired) electrons. The monoisotopic (exact) mass is 247 g/mol. The zero-order valence-electron chi connectivity index (χ0n) is 10.1. The van der Waals surface area contributed by atoms with E-state index in [4.69, 9.17) is 9.94 Å². The molecule has 0 atom stereocenters. The molecule has 0 unspecified atom stereocenters. The standard InChI is InChI=1S/C11H13N5O2/c1-8(14-17)9-5-3-4-6-10(9)18-7-11-12-15-16(2)13-11/h3-6,17H,7H2,1-2H3/b14-8-. The van der Waals surface area contributed by atoms with Crippen molar-refractivity contribution in [3.05, 3.63) is 35.7 Å². The van der Waals surface area contributed by atoms with Crippen molar-refractivity contribution in [2.24, 2.45) is 12.2 Å². The summed E-state index contributed by atoms with van der Waals surface area (Å²) >= 11 is 0. The second-order valence-corrected chi connectivity index (χ2v) is 3.67. The van der Waals surface area contributed by atoms with Crippen LogP contribution in [0.1, 0.15) is 18.3 Å². The quantitative estimate of drug-likeness (QED) is 0.494. The molecule has 1 aromatic heterocycles. The number of aryl methyl sites for hydroxylation is 1. The van der Waals surface area contributed by atoms with Crippen LogP contribution in [0, 0.1) is 0 Å². The Hall–Kier alpha value is -2.44. The Kier molecular flexibility index (Phi) is 3.52. The lowest BCUT2D eigenvalue weighted by molar-refractivity contribution is 0.293. The van der Waals surface area contributed by atoms with Gasteiger partial charge in [-0.1, -0.05) is 17.3 Å². The molecule has 7 nitrogen and oxygen atoms in total. The average Bonchev–Trinajstić information content (AvgIpc) is 2.81. The molecule has 0 spiro atoms. The molecule has 0 fully saturated rings. The van der Waals surface area contributed by atoms with Crippen molar-refractivity contribution in [3.8, 4) is 5.75 Å². The molecule has 2 rings (SSSR count). The first-order valence-electron chi connectivity index (χ1n) is 5.34. The maximum Gasteiger partial charge on any atom is 0.212 e. The Bertz CT molecular complexity index is 564. The number of para-hydroxylation sites is 1. The largest absolute Gasteiger partial charge is 0.485 e. The van der Waals surface area contributed by atoms with Gasteiger partial charge in [0, 0.05) is 5.56 Å². The summed E-state index contributed by atoms with van der Waals surface area (Å²) in [5, 5.41) is 23.5. The highest BCUT2D eigenvalue weighted by Crippen LogP contribution is 2.19. The Labute approximate surface area is 104 Å². The predicted octanol–water partition coefficient (Wildman–Crippen LogP) is 0.987. The first-order valence-corrected chi connectivity index (χ1v) is 5.34. The van der Waals surface area contributed by atoms with Gasteiger partial charge in [-0.2, -0.15) is 4.80 Å². The predicted molar refractivity (Wildman–Crippen MR) is 63.6 cm³/mol. The van der Waals surface area contributed by atoms with Crippen molar-refractivity contribution in [1.29, 1.82) is 0 Å². The number of benzene rings is 1. The summed E-state index contributed by atoms with van der Waals surface area (Å²) in [6.07, 6.45) is 0. The van der Waals surface area contributed by atoms with E-state index in [1.807, 2.05) is 18.2 Å². The summed E-state index contributed by atoms with van der Waals surface area (Å²) in [4.78, 5) is 1.37. The molecule has 0 bridgehead atoms. The minimum atomic E-state index is 0.212. The molecule has 18 heavy (non-hydrogen) atoms. The molecule has 1 aromatic carbocycles. The molecule has 94 valence electrons. The van der Waals surface area contributed by atoms with E-state index >= 15 is 0 Å². The molecule has 0 saturated carbocycles. The van der Waals surface area contributed by atoms with Crippen molar-refractivity contribution < 1.29 is 9.94 Å². The first kappa shape index (κ1) is 12.0. The van der Waals surface area contributed by atoms with E-state index in [-0.39, 0.29) is 6.61 Å². The topological polar surface area (TPSA) is 85.4 Å². The zero-order valence-corrected chi connectivity index (χ0v) is 10.1. The van der Waals surface area contributed by atoms with Gasteiger partial charge in [0.2, 0.25) is 5.82 Å². The van der Waals surface area contributed by atoms with Crippen LogP contribution in [-0.2, 0) is 13.7 Å². The third-order valence-electron chi connectivity index (χ3n) is 2.33. The molecular formula is C11H13N5O2. The van der Waals surface area contributed by atoms with Crippen LogP contribution in [0.3, 0.4) is 0 Å². The smallest absolute Gasteiger partial charge is 0.212 e. The fraction of sp³-hybridized carbons (Fsp3) is 0.273. The summed E-state index contributed by atoms with van der Waals surface area (Å²) in [5.74, 6) is 1.10. The van der Waals surface area contributed by atoms with Gasteiger partial charge in [-0.15, -0.1) is 10.2 Å². The van der Waals surface area contributed by atoms with E-state index < -0.39 is 0 Å². The highest BCUT2D eigenvalue weighted by Gasteiger charge is 2.08. The summed E-state index contributed by atoms with van der Waals surface area (Å²) in [6, 6.07) is 7.29. The Balaban J connectivity index is 2.14. The Morgan fingerprint density at radius 3 is 2.89 bits per heavy atom. The average molecular weight is 247 g/mol. The molecular weight excluding hydrogens is 234 g/mol. The molecule has 0 amide bonds. The highest BCUT2D eigenvalue weighted by atomic mass is 16.5. The zero-order chi connectivity index (χ0) is 13.0. The number of hydrogen-bond acceptors (Lipinski definition) is 6. The second kappa shape index (κ2) is 5.26. The lowest BCUT2D eigenvalue weighted by Crippen LogP contribution is -2.04. The van der Waals surface area contributed by atoms with Gasteiger partial charge in [0.25, 0.3) is 0 Å². The maximum atomic E-state index is 8.80. The van der Waals surface area contributed by atoms with Gasteiger partial charge in [-0.3, -0.25) is 0 Å². The Morgan fingerprint density at radius 1 is 1.44 bits per heavy atom. The van der Waals surface area contributed by atoms with Crippen molar-refractivity contribution in [2.75, 3.05) is 0 Å². The molecule has 7 heteroatoms. The first-order chi connectivity index (χ1) is 8.70. The van der Waals surface area contributed by atoms with Crippen LogP contribution < -0.4 is 4.74 Å². The van der Waals surface area contributed by atoms with Crippen molar-refractivity contribution >= 4 is 5.71 Å². The van der Waals surface area contributed by atoms with Crippen molar-refractivity contribution in [1.82, 2.24) is 20.2 Å². The molecule has 1 heterocycles. The van der Waals surface area contributed by atoms with Gasteiger partial charge in [0.05, 0.1) is 12.8 Å². The summed E-state index contributed by atoms with van der Waals surface area (Å²) in [5.41, 5.74) is 1.21. The van der Waals surface area contributed by atoms with Crippen molar-refractivity contribution in [3.63, 3.8) is 0 Å². The van der Waals surface area contributed by atoms with E-state index in [1.54, 1.807) is 20.0 Å². The van der Waals surface area contributed by atoms with Crippen LogP contribution in [0.5, 0.6) is 5.75 Å². The summed E-state index contributed by atoms with van der Waals surface area (Å²) in [7, 11) is 1.69. The van der Waals surface area contributed by atoms with Crippen molar-refractivity contribution in [2.45, 2.75) is 13.5 Å². The maximum absolute atomic E-state index is 8.80. The van der Waals surface area contributed by atoms with E-state index in [0.29, 0.717) is 17.3 Å². The lowest BCUT2D eigenvalue weighted by atomic mass is 10.1. The van der Waals surface area contributed by atoms with Gasteiger partial charge in [0.15, 0.2) is 6.61 Å². The number of nitrogens with zero attached hydrogens (tertiary/aromatic N) is 5. The molecule has 0 aliphatic carbocycles. The van der Waals surface area contributed by atoms with Gasteiger partial charge >= 0.3 is 0 Å². The van der Waals surface area contributed by atoms with Crippen LogP contribution in [0.2, 0.25) is 0 Å². The number of tetrazole rings is 1. The van der Waals surface area contributed by atoms with Gasteiger partial charge < -0.3 is 9.94 Å². The van der Waals surface area contributed by atoms with Gasteiger partial charge in [0.1, 0.15) is 5.75 Å². The molecule has 1 N–H and O–H groups in total. The second-order valence-electron chi connectivity index (χ2n) is 3.67. The van der Waals surface area contributed by atoms with E-state index in [2.05, 4.69) is 20.6 Å². The fourth-order valence-corrected chi connectivity index (χ4v) is 1.47. The highest BCUT2D eigenvalue weighted by molar-refractivity contribution is 6.00. The van der Waals surface area contributed by atoms with E-state index in [0.717, 1.165) is 5.56 Å². The van der Waals surface area contributed by atoms with Crippen LogP contribution in [0.25, 0.3) is 0 Å². The van der Waals surface area contributed by atoms with Crippen LogP contribution in [0.15, 0.2) is 29.4 Å². The number of oxime groups is 1. The van der Waals surface area contributed by atoms with Crippen LogP contribution in [0.4, 0.5) is 0 Å². The minimum Gasteiger partial charge on any atom is -0.485 e. The summed E-state index contributed by atoms with van der Waals surface area (Å²) in [6.45, 7) is 1.91. The number of aromatic nitrogens is 4. The van der Waals surface area contributed by atoms with Gasteiger partial charge in [-0.05, 0) is 24.3 Å². The Morgan fingerprint density at radius 2 is 2.22 bits per heavy atom. The number of ether oxygens (including phenoxy) is 1. The summed E-state index contributed by atoms with van der Waals surface area (Å²) < 4.78 is 5.59. The number of rotatable bonds is 4. The van der Waals surface area contributed by atoms with E-state index in [9.17, 15) is 0 Å². The molecule has 0 aliphatic heterocycles. The fourth-order valence-electron chi connectivity index (χ4n) is 1.47. The molecule has 2 aromatic rings.